The minimum atomic E-state index is -0.184. The van der Waals surface area contributed by atoms with E-state index in [1.165, 1.54) is 18.5 Å². The molecule has 2 heterocycles. The minimum absolute atomic E-state index is 0.0726. The molecule has 0 aromatic heterocycles. The number of fused-ring (bicyclic) bond motifs is 1. The van der Waals surface area contributed by atoms with Crippen LogP contribution in [-0.2, 0) is 4.79 Å². The number of carbonyl (C=O) groups excluding carboxylic acids is 1. The average molecular weight is 287 g/mol. The van der Waals surface area contributed by atoms with Crippen LogP contribution in [0.15, 0.2) is 18.2 Å². The van der Waals surface area contributed by atoms with Crippen molar-refractivity contribution >= 4 is 17.3 Å². The second-order valence-electron chi connectivity index (χ2n) is 6.16. The van der Waals surface area contributed by atoms with Crippen LogP contribution in [0.3, 0.4) is 0 Å². The summed E-state index contributed by atoms with van der Waals surface area (Å²) in [6.45, 7) is 7.51. The van der Waals surface area contributed by atoms with E-state index >= 15 is 0 Å². The Morgan fingerprint density at radius 3 is 2.95 bits per heavy atom. The summed E-state index contributed by atoms with van der Waals surface area (Å²) < 4.78 is 0. The molecule has 1 aromatic carbocycles. The molecule has 1 fully saturated rings. The lowest BCUT2D eigenvalue weighted by Crippen LogP contribution is -2.27. The molecular formula is C17H25N3O. The molecule has 0 bridgehead atoms. The fraction of sp³-hybridized carbons (Fsp3) is 0.588. The highest BCUT2D eigenvalue weighted by Gasteiger charge is 2.31. The number of rotatable bonds is 5. The van der Waals surface area contributed by atoms with Crippen LogP contribution in [0.2, 0.25) is 0 Å². The molecule has 2 N–H and O–H groups in total. The van der Waals surface area contributed by atoms with Crippen LogP contribution in [0, 0.1) is 5.92 Å². The lowest BCUT2D eigenvalue weighted by molar-refractivity contribution is -0.117. The van der Waals surface area contributed by atoms with Gasteiger partial charge < -0.3 is 15.5 Å². The molecule has 1 saturated heterocycles. The van der Waals surface area contributed by atoms with Crippen molar-refractivity contribution in [2.24, 2.45) is 5.92 Å². The first kappa shape index (κ1) is 14.4. The van der Waals surface area contributed by atoms with Gasteiger partial charge in [0.2, 0.25) is 5.91 Å². The first-order valence-electron chi connectivity index (χ1n) is 8.16. The van der Waals surface area contributed by atoms with Crippen LogP contribution in [0.25, 0.3) is 0 Å². The highest BCUT2D eigenvalue weighted by molar-refractivity contribution is 6.03. The first-order valence-corrected chi connectivity index (χ1v) is 8.16. The van der Waals surface area contributed by atoms with Crippen LogP contribution >= 0.6 is 0 Å². The van der Waals surface area contributed by atoms with Crippen molar-refractivity contribution in [3.05, 3.63) is 23.8 Å². The number of benzene rings is 1. The van der Waals surface area contributed by atoms with Gasteiger partial charge in [0, 0.05) is 30.0 Å². The summed E-state index contributed by atoms with van der Waals surface area (Å²) in [6.07, 6.45) is 3.56. The quantitative estimate of drug-likeness (QED) is 0.875. The third-order valence-corrected chi connectivity index (χ3v) is 4.69. The SMILES string of the molecule is CCCNC1C(=O)Nc2cc(N3CCC(CC)C3)ccc21. The normalized spacial score (nSPS) is 24.3. The summed E-state index contributed by atoms with van der Waals surface area (Å²) >= 11 is 0. The monoisotopic (exact) mass is 287 g/mol. The molecule has 0 saturated carbocycles. The van der Waals surface area contributed by atoms with Gasteiger partial charge in [-0.15, -0.1) is 0 Å². The molecule has 2 atom stereocenters. The number of hydrogen-bond donors (Lipinski definition) is 2. The van der Waals surface area contributed by atoms with E-state index < -0.39 is 0 Å². The van der Waals surface area contributed by atoms with Gasteiger partial charge in [0.15, 0.2) is 0 Å². The zero-order valence-corrected chi connectivity index (χ0v) is 13.0. The van der Waals surface area contributed by atoms with Crippen molar-refractivity contribution in [3.63, 3.8) is 0 Å². The van der Waals surface area contributed by atoms with Gasteiger partial charge in [-0.1, -0.05) is 26.3 Å². The molecule has 3 rings (SSSR count). The largest absolute Gasteiger partial charge is 0.371 e. The van der Waals surface area contributed by atoms with Gasteiger partial charge in [-0.2, -0.15) is 0 Å². The molecule has 21 heavy (non-hydrogen) atoms. The molecule has 0 aliphatic carbocycles. The maximum absolute atomic E-state index is 12.1. The van der Waals surface area contributed by atoms with E-state index in [4.69, 9.17) is 0 Å². The topological polar surface area (TPSA) is 44.4 Å². The Labute approximate surface area is 126 Å². The zero-order chi connectivity index (χ0) is 14.8. The van der Waals surface area contributed by atoms with Crippen LogP contribution in [-0.4, -0.2) is 25.5 Å². The van der Waals surface area contributed by atoms with E-state index in [9.17, 15) is 4.79 Å². The summed E-state index contributed by atoms with van der Waals surface area (Å²) in [5.41, 5.74) is 3.30. The lowest BCUT2D eigenvalue weighted by atomic mass is 10.1. The van der Waals surface area contributed by atoms with Crippen molar-refractivity contribution in [2.75, 3.05) is 29.9 Å². The Morgan fingerprint density at radius 1 is 1.38 bits per heavy atom. The Kier molecular flexibility index (Phi) is 4.15. The van der Waals surface area contributed by atoms with Gasteiger partial charge in [0.25, 0.3) is 0 Å². The predicted molar refractivity (Wildman–Crippen MR) is 86.7 cm³/mol. The number of amides is 1. The molecule has 2 aliphatic heterocycles. The summed E-state index contributed by atoms with van der Waals surface area (Å²) in [6, 6.07) is 6.22. The highest BCUT2D eigenvalue weighted by atomic mass is 16.2. The molecule has 0 spiro atoms. The number of nitrogens with one attached hydrogen (secondary N) is 2. The Balaban J connectivity index is 1.77. The molecule has 1 amide bonds. The van der Waals surface area contributed by atoms with Crippen LogP contribution in [0.1, 0.15) is 44.7 Å². The van der Waals surface area contributed by atoms with Crippen molar-refractivity contribution in [1.29, 1.82) is 0 Å². The third-order valence-electron chi connectivity index (χ3n) is 4.69. The van der Waals surface area contributed by atoms with Gasteiger partial charge >= 0.3 is 0 Å². The van der Waals surface area contributed by atoms with Gasteiger partial charge in [0.05, 0.1) is 0 Å². The molecule has 2 unspecified atom stereocenters. The van der Waals surface area contributed by atoms with Crippen molar-refractivity contribution in [2.45, 2.75) is 39.2 Å². The molecule has 2 aliphatic rings. The highest BCUT2D eigenvalue weighted by Crippen LogP contribution is 2.35. The zero-order valence-electron chi connectivity index (χ0n) is 13.0. The van der Waals surface area contributed by atoms with E-state index in [-0.39, 0.29) is 11.9 Å². The Morgan fingerprint density at radius 2 is 2.24 bits per heavy atom. The number of hydrogen-bond acceptors (Lipinski definition) is 3. The standard InChI is InChI=1S/C17H25N3O/c1-3-8-18-16-14-6-5-13(10-15(14)19-17(16)21)20-9-7-12(4-2)11-20/h5-6,10,12,16,18H,3-4,7-9,11H2,1-2H3,(H,19,21). The molecule has 1 aromatic rings. The van der Waals surface area contributed by atoms with Gasteiger partial charge in [-0.3, -0.25) is 4.79 Å². The molecule has 0 radical (unpaired) electrons. The fourth-order valence-electron chi connectivity index (χ4n) is 3.34. The van der Waals surface area contributed by atoms with Crippen molar-refractivity contribution in [1.82, 2.24) is 5.32 Å². The third kappa shape index (κ3) is 2.77. The van der Waals surface area contributed by atoms with Gasteiger partial charge in [0.1, 0.15) is 6.04 Å². The summed E-state index contributed by atoms with van der Waals surface area (Å²) in [7, 11) is 0. The second-order valence-corrected chi connectivity index (χ2v) is 6.16. The molecule has 4 nitrogen and oxygen atoms in total. The van der Waals surface area contributed by atoms with E-state index in [0.717, 1.165) is 43.2 Å². The van der Waals surface area contributed by atoms with Crippen LogP contribution < -0.4 is 15.5 Å². The number of nitrogens with zero attached hydrogens (tertiary/aromatic N) is 1. The number of anilines is 2. The smallest absolute Gasteiger partial charge is 0.246 e. The maximum atomic E-state index is 12.1. The Hall–Kier alpha value is -1.55. The van der Waals surface area contributed by atoms with Crippen molar-refractivity contribution in [3.8, 4) is 0 Å². The first-order chi connectivity index (χ1) is 10.2. The predicted octanol–water partition coefficient (Wildman–Crippen LogP) is 2.92. The van der Waals surface area contributed by atoms with Gasteiger partial charge in [-0.05, 0) is 37.4 Å². The van der Waals surface area contributed by atoms with E-state index in [0.29, 0.717) is 0 Å². The summed E-state index contributed by atoms with van der Waals surface area (Å²) in [4.78, 5) is 14.5. The summed E-state index contributed by atoms with van der Waals surface area (Å²) in [5.74, 6) is 0.885. The van der Waals surface area contributed by atoms with Crippen molar-refractivity contribution < 1.29 is 4.79 Å². The summed E-state index contributed by atoms with van der Waals surface area (Å²) in [5, 5.41) is 6.33. The van der Waals surface area contributed by atoms with E-state index in [1.54, 1.807) is 0 Å². The van der Waals surface area contributed by atoms with Crippen LogP contribution in [0.4, 0.5) is 11.4 Å². The lowest BCUT2D eigenvalue weighted by Gasteiger charge is -2.19. The van der Waals surface area contributed by atoms with E-state index in [2.05, 4.69) is 47.6 Å². The van der Waals surface area contributed by atoms with Gasteiger partial charge in [-0.25, -0.2) is 0 Å². The molecule has 4 heteroatoms. The second kappa shape index (κ2) is 6.06. The molecular weight excluding hydrogens is 262 g/mol. The fourth-order valence-corrected chi connectivity index (χ4v) is 3.34. The minimum Gasteiger partial charge on any atom is -0.371 e. The van der Waals surface area contributed by atoms with E-state index in [1.807, 2.05) is 0 Å². The van der Waals surface area contributed by atoms with Crippen LogP contribution in [0.5, 0.6) is 0 Å². The molecule has 114 valence electrons. The Bertz CT molecular complexity index is 529. The number of carbonyl (C=O) groups is 1. The maximum Gasteiger partial charge on any atom is 0.246 e. The average Bonchev–Trinajstić information content (AvgIpc) is 3.08.